The van der Waals surface area contributed by atoms with Crippen LogP contribution in [0.25, 0.3) is 0 Å². The van der Waals surface area contributed by atoms with Crippen LogP contribution < -0.4 is 27.9 Å². The second-order valence-corrected chi connectivity index (χ2v) is 15.8. The maximum absolute atomic E-state index is 14.4. The van der Waals surface area contributed by atoms with Gasteiger partial charge in [-0.25, -0.2) is 31.8 Å². The SMILES string of the molecule is CC1(C)CC(=O)Nc2nc(N/N=C(/Cc3c(F)ccc(F)c3F)c3cc(Cl)ccc3Br)nc(N)c21.NC(N)=N/N=C(/Cc1c(F)ccc(F)c1F)c1cc(Cl)ccc1Br. The molecule has 0 fully saturated rings. The molecule has 0 aliphatic carbocycles. The number of nitrogens with zero attached hydrogens (tertiary/aromatic N) is 5. The highest BCUT2D eigenvalue weighted by atomic mass is 79.9. The molecule has 0 bridgehead atoms. The molecule has 0 saturated heterocycles. The van der Waals surface area contributed by atoms with E-state index in [1.807, 2.05) is 13.8 Å². The van der Waals surface area contributed by atoms with Gasteiger partial charge in [-0.2, -0.15) is 20.2 Å². The van der Waals surface area contributed by atoms with Gasteiger partial charge in [0.2, 0.25) is 17.8 Å². The molecule has 0 atom stereocenters. The summed E-state index contributed by atoms with van der Waals surface area (Å²) in [6, 6.07) is 12.6. The number of benzene rings is 4. The van der Waals surface area contributed by atoms with Crippen LogP contribution in [0.1, 0.15) is 48.1 Å². The lowest BCUT2D eigenvalue weighted by Gasteiger charge is -2.31. The summed E-state index contributed by atoms with van der Waals surface area (Å²) in [5.41, 5.74) is 19.3. The predicted molar refractivity (Wildman–Crippen MR) is 224 cm³/mol. The molecule has 59 heavy (non-hydrogen) atoms. The molecule has 1 aromatic heterocycles. The minimum atomic E-state index is -1.32. The molecule has 0 unspecified atom stereocenters. The zero-order chi connectivity index (χ0) is 43.3. The maximum Gasteiger partial charge on any atom is 0.247 e. The number of nitrogens with two attached hydrogens (primary N) is 3. The Morgan fingerprint density at radius 1 is 0.780 bits per heavy atom. The summed E-state index contributed by atoms with van der Waals surface area (Å²) in [6.07, 6.45) is -0.590. The molecule has 21 heteroatoms. The first-order chi connectivity index (χ1) is 27.7. The second-order valence-electron chi connectivity index (χ2n) is 13.3. The number of amides is 1. The number of hydrazone groups is 1. The van der Waals surface area contributed by atoms with Crippen molar-refractivity contribution in [3.8, 4) is 0 Å². The highest BCUT2D eigenvalue weighted by Crippen LogP contribution is 2.39. The van der Waals surface area contributed by atoms with Crippen LogP contribution in [0.5, 0.6) is 0 Å². The van der Waals surface area contributed by atoms with E-state index in [0.717, 1.165) is 12.1 Å². The fraction of sp³-hybridized carbons (Fsp3) is 0.158. The number of aromatic nitrogens is 2. The Labute approximate surface area is 359 Å². The number of rotatable bonds is 9. The van der Waals surface area contributed by atoms with Crippen molar-refractivity contribution in [2.24, 2.45) is 26.8 Å². The lowest BCUT2D eigenvalue weighted by atomic mass is 9.79. The standard InChI is InChI=1S/C23H19BrClF3N6O.C15H11BrClF3N4/c1-23(2)9-17(35)30-21-18(23)20(29)31-22(32-21)34-33-16(11-7-10(25)3-4-13(11)24)8-12-14(26)5-6-15(27)19(12)28;16-10-2-1-7(17)5-8(10)13(23-24-15(21)22)6-9-11(18)3-4-12(19)14(9)20/h3-7H,8-9H2,1-2H3,(H4,29,30,31,32,34,35);1-5H,6H2,(H4,21,22,24)/b33-16-;23-13-. The monoisotopic (exact) mass is 984 g/mol. The Bertz CT molecular complexity index is 2560. The predicted octanol–water partition coefficient (Wildman–Crippen LogP) is 9.31. The molecule has 1 aliphatic rings. The lowest BCUT2D eigenvalue weighted by Crippen LogP contribution is -2.34. The van der Waals surface area contributed by atoms with Gasteiger partial charge < -0.3 is 22.5 Å². The summed E-state index contributed by atoms with van der Waals surface area (Å²) in [5.74, 6) is -7.08. The molecule has 0 spiro atoms. The first kappa shape index (κ1) is 44.9. The highest BCUT2D eigenvalue weighted by molar-refractivity contribution is 9.10. The molecule has 1 amide bonds. The average molecular weight is 987 g/mol. The van der Waals surface area contributed by atoms with Crippen molar-refractivity contribution < 1.29 is 31.1 Å². The van der Waals surface area contributed by atoms with Gasteiger partial charge in [0, 0.05) is 71.5 Å². The van der Waals surface area contributed by atoms with Gasteiger partial charge in [0.25, 0.3) is 0 Å². The van der Waals surface area contributed by atoms with Crippen molar-refractivity contribution in [2.45, 2.75) is 38.5 Å². The van der Waals surface area contributed by atoms with E-state index in [0.29, 0.717) is 47.8 Å². The molecule has 0 radical (unpaired) electrons. The Hall–Kier alpha value is -5.24. The number of carbonyl (C=O) groups is 1. The second kappa shape index (κ2) is 18.8. The average Bonchev–Trinajstić information content (AvgIpc) is 3.15. The number of anilines is 3. The summed E-state index contributed by atoms with van der Waals surface area (Å²) in [5, 5.41) is 14.9. The molecular weight excluding hydrogens is 957 g/mol. The van der Waals surface area contributed by atoms with Crippen molar-refractivity contribution in [3.05, 3.63) is 142 Å². The maximum atomic E-state index is 14.4. The summed E-state index contributed by atoms with van der Waals surface area (Å²) in [4.78, 5) is 20.6. The number of nitrogen functional groups attached to an aromatic ring is 1. The number of hydrogen-bond acceptors (Lipinski definition) is 8. The molecule has 8 N–H and O–H groups in total. The van der Waals surface area contributed by atoms with Crippen LogP contribution in [-0.4, -0.2) is 33.3 Å². The number of nitrogens with one attached hydrogen (secondary N) is 2. The van der Waals surface area contributed by atoms with Crippen LogP contribution in [0.2, 0.25) is 10.0 Å². The molecule has 4 aromatic carbocycles. The Balaban J connectivity index is 0.000000241. The van der Waals surface area contributed by atoms with Gasteiger partial charge >= 0.3 is 0 Å². The van der Waals surface area contributed by atoms with E-state index in [-0.39, 0.29) is 53.7 Å². The van der Waals surface area contributed by atoms with Crippen LogP contribution >= 0.6 is 55.1 Å². The summed E-state index contributed by atoms with van der Waals surface area (Å²) >= 11 is 18.7. The third kappa shape index (κ3) is 10.9. The van der Waals surface area contributed by atoms with E-state index in [2.05, 4.69) is 67.9 Å². The summed E-state index contributed by atoms with van der Waals surface area (Å²) in [6.45, 7) is 3.71. The zero-order valence-corrected chi connectivity index (χ0v) is 35.2. The van der Waals surface area contributed by atoms with Gasteiger partial charge in [-0.3, -0.25) is 4.79 Å². The fourth-order valence-corrected chi connectivity index (χ4v) is 7.10. The van der Waals surface area contributed by atoms with E-state index in [4.69, 9.17) is 40.4 Å². The molecule has 1 aliphatic heterocycles. The summed E-state index contributed by atoms with van der Waals surface area (Å²) in [7, 11) is 0. The minimum absolute atomic E-state index is 0.0601. The van der Waals surface area contributed by atoms with E-state index in [1.54, 1.807) is 24.3 Å². The molecule has 5 aromatic rings. The van der Waals surface area contributed by atoms with Gasteiger partial charge in [-0.1, -0.05) is 68.9 Å². The van der Waals surface area contributed by atoms with Crippen LogP contribution in [0.15, 0.2) is 84.9 Å². The first-order valence-corrected chi connectivity index (χ1v) is 19.2. The molecule has 308 valence electrons. The van der Waals surface area contributed by atoms with Crippen molar-refractivity contribution in [2.75, 3.05) is 16.5 Å². The van der Waals surface area contributed by atoms with Gasteiger partial charge in [0.1, 0.15) is 23.3 Å². The van der Waals surface area contributed by atoms with Gasteiger partial charge in [-0.05, 0) is 60.7 Å². The topological polar surface area (TPSA) is 182 Å². The van der Waals surface area contributed by atoms with E-state index >= 15 is 0 Å². The molecular formula is C38H30Br2Cl2F6N10O. The van der Waals surface area contributed by atoms with Gasteiger partial charge in [-0.15, -0.1) is 5.10 Å². The minimum Gasteiger partial charge on any atom is -0.383 e. The fourth-order valence-electron chi connectivity index (χ4n) is 5.80. The van der Waals surface area contributed by atoms with Crippen LogP contribution in [0.4, 0.5) is 43.9 Å². The van der Waals surface area contributed by atoms with Crippen LogP contribution in [0, 0.1) is 34.9 Å². The normalized spacial score (nSPS) is 13.5. The first-order valence-electron chi connectivity index (χ1n) is 16.9. The van der Waals surface area contributed by atoms with Gasteiger partial charge in [0.15, 0.2) is 23.3 Å². The molecule has 0 saturated carbocycles. The van der Waals surface area contributed by atoms with E-state index in [9.17, 15) is 31.1 Å². The van der Waals surface area contributed by atoms with Crippen LogP contribution in [0.3, 0.4) is 0 Å². The third-order valence-electron chi connectivity index (χ3n) is 8.50. The van der Waals surface area contributed by atoms with Crippen molar-refractivity contribution in [1.29, 1.82) is 0 Å². The molecule has 2 heterocycles. The molecule has 6 rings (SSSR count). The van der Waals surface area contributed by atoms with Crippen LogP contribution in [-0.2, 0) is 23.1 Å². The smallest absolute Gasteiger partial charge is 0.247 e. The van der Waals surface area contributed by atoms with Crippen molar-refractivity contribution in [1.82, 2.24) is 9.97 Å². The Morgan fingerprint density at radius 2 is 1.27 bits per heavy atom. The number of fused-ring (bicyclic) bond motifs is 1. The Morgan fingerprint density at radius 3 is 1.80 bits per heavy atom. The quantitative estimate of drug-likeness (QED) is 0.0321. The number of halogens is 10. The number of guanidine groups is 1. The lowest BCUT2D eigenvalue weighted by molar-refractivity contribution is -0.117. The number of carbonyl (C=O) groups excluding carboxylic acids is 1. The van der Waals surface area contributed by atoms with Gasteiger partial charge in [0.05, 0.1) is 11.4 Å². The zero-order valence-electron chi connectivity index (χ0n) is 30.6. The van der Waals surface area contributed by atoms with Crippen molar-refractivity contribution in [3.63, 3.8) is 0 Å². The van der Waals surface area contributed by atoms with E-state index < -0.39 is 57.9 Å². The molecule has 11 nitrogen and oxygen atoms in total. The van der Waals surface area contributed by atoms with E-state index in [1.165, 1.54) is 12.1 Å². The highest BCUT2D eigenvalue weighted by Gasteiger charge is 2.36. The third-order valence-corrected chi connectivity index (χ3v) is 10.3. The largest absolute Gasteiger partial charge is 0.383 e. The number of hydrogen-bond donors (Lipinski definition) is 5. The Kier molecular flexibility index (Phi) is 14.3. The summed E-state index contributed by atoms with van der Waals surface area (Å²) < 4.78 is 84.9. The van der Waals surface area contributed by atoms with Crippen molar-refractivity contribution >= 4 is 95.9 Å².